The van der Waals surface area contributed by atoms with Crippen molar-refractivity contribution in [2.45, 2.75) is 18.9 Å². The Labute approximate surface area is 217 Å². The Balaban J connectivity index is 1.60. The molecule has 0 spiro atoms. The summed E-state index contributed by atoms with van der Waals surface area (Å²) in [6.07, 6.45) is 4.70. The van der Waals surface area contributed by atoms with Crippen LogP contribution in [0.25, 0.3) is 0 Å². The molecule has 0 unspecified atom stereocenters. The van der Waals surface area contributed by atoms with Gasteiger partial charge in [-0.15, -0.1) is 11.6 Å². The predicted octanol–water partition coefficient (Wildman–Crippen LogP) is 5.04. The number of carbonyl (C=O) groups is 4. The molecular weight excluding hydrogens is 511 g/mol. The Morgan fingerprint density at radius 2 is 1.54 bits per heavy atom. The summed E-state index contributed by atoms with van der Waals surface area (Å²) in [5.41, 5.74) is 0.360. The van der Waals surface area contributed by atoms with Gasteiger partial charge in [-0.2, -0.15) is 5.01 Å². The molecule has 2 aromatic rings. The number of nitrogens with zero attached hydrogens (tertiary/aromatic N) is 2. The van der Waals surface area contributed by atoms with Crippen molar-refractivity contribution in [2.75, 3.05) is 5.88 Å². The quantitative estimate of drug-likeness (QED) is 0.217. The predicted molar refractivity (Wildman–Crippen MR) is 132 cm³/mol. The van der Waals surface area contributed by atoms with Gasteiger partial charge in [-0.1, -0.05) is 47.5 Å². The van der Waals surface area contributed by atoms with E-state index in [1.165, 1.54) is 24.3 Å². The molecule has 5 atom stereocenters. The first-order valence-corrected chi connectivity index (χ1v) is 12.6. The van der Waals surface area contributed by atoms with E-state index in [2.05, 4.69) is 0 Å². The van der Waals surface area contributed by atoms with Gasteiger partial charge in [0, 0.05) is 16.5 Å². The molecule has 6 nitrogen and oxygen atoms in total. The van der Waals surface area contributed by atoms with Crippen LogP contribution in [-0.4, -0.2) is 45.4 Å². The molecule has 1 heterocycles. The summed E-state index contributed by atoms with van der Waals surface area (Å²) in [6, 6.07) is 11.3. The minimum absolute atomic E-state index is 0.0200. The number of hydrogen-bond donors (Lipinski definition) is 0. The van der Waals surface area contributed by atoms with Crippen LogP contribution in [0.5, 0.6) is 0 Å². The van der Waals surface area contributed by atoms with Crippen molar-refractivity contribution in [3.8, 4) is 0 Å². The number of halogens is 3. The van der Waals surface area contributed by atoms with Crippen molar-refractivity contribution in [1.82, 2.24) is 10.0 Å². The van der Waals surface area contributed by atoms with Crippen molar-refractivity contribution in [1.29, 1.82) is 0 Å². The van der Waals surface area contributed by atoms with E-state index in [1.54, 1.807) is 24.3 Å². The third-order valence-electron chi connectivity index (χ3n) is 7.08. The lowest BCUT2D eigenvalue weighted by molar-refractivity contribution is -0.157. The van der Waals surface area contributed by atoms with Crippen LogP contribution >= 0.6 is 34.8 Å². The Morgan fingerprint density at radius 3 is 2.11 bits per heavy atom. The van der Waals surface area contributed by atoms with Crippen LogP contribution in [0, 0.1) is 23.7 Å². The molecule has 2 aromatic carbocycles. The molecule has 3 aliphatic rings. The number of Topliss-reactive ketones (excluding diaryl/α,β-unsaturated/α-hetero) is 1. The van der Waals surface area contributed by atoms with Crippen molar-refractivity contribution >= 4 is 58.3 Å². The van der Waals surface area contributed by atoms with Crippen LogP contribution in [0.2, 0.25) is 10.0 Å². The van der Waals surface area contributed by atoms with E-state index in [9.17, 15) is 19.2 Å². The van der Waals surface area contributed by atoms with Gasteiger partial charge in [0.25, 0.3) is 17.7 Å². The second-order valence-electron chi connectivity index (χ2n) is 8.98. The number of alkyl halides is 1. The molecule has 2 fully saturated rings. The van der Waals surface area contributed by atoms with E-state index >= 15 is 0 Å². The molecular formula is C26H21Cl3N2O4. The molecule has 0 N–H and O–H groups in total. The molecule has 35 heavy (non-hydrogen) atoms. The lowest BCUT2D eigenvalue weighted by Crippen LogP contribution is -2.58. The minimum Gasteiger partial charge on any atom is -0.292 e. The van der Waals surface area contributed by atoms with E-state index < -0.39 is 41.4 Å². The highest BCUT2D eigenvalue weighted by Crippen LogP contribution is 2.53. The van der Waals surface area contributed by atoms with E-state index in [-0.39, 0.29) is 40.3 Å². The summed E-state index contributed by atoms with van der Waals surface area (Å²) < 4.78 is 0. The number of hydrogen-bond acceptors (Lipinski definition) is 4. The third kappa shape index (κ3) is 3.98. The number of hydrazine groups is 1. The minimum atomic E-state index is -1.20. The van der Waals surface area contributed by atoms with Crippen molar-refractivity contribution in [2.24, 2.45) is 23.7 Å². The second-order valence-corrected chi connectivity index (χ2v) is 10.2. The van der Waals surface area contributed by atoms with Gasteiger partial charge in [0.05, 0.1) is 22.4 Å². The van der Waals surface area contributed by atoms with Gasteiger partial charge in [-0.25, -0.2) is 5.01 Å². The summed E-state index contributed by atoms with van der Waals surface area (Å²) >= 11 is 18.4. The van der Waals surface area contributed by atoms with E-state index in [4.69, 9.17) is 34.8 Å². The van der Waals surface area contributed by atoms with Gasteiger partial charge >= 0.3 is 0 Å². The SMILES string of the molecule is O=C(c1ccc(Cl)cc1)[C@H](CCCl)N(C(=O)c1ccccc1Cl)N1C(=O)[C@@H]2[C@@H](C1=O)[C@H]1C=C[C@H]2C1. The fourth-order valence-corrected chi connectivity index (χ4v) is 6.05. The van der Waals surface area contributed by atoms with Crippen LogP contribution in [0.1, 0.15) is 33.6 Å². The first-order chi connectivity index (χ1) is 16.8. The average molecular weight is 532 g/mol. The van der Waals surface area contributed by atoms with E-state index in [0.717, 1.165) is 16.4 Å². The summed E-state index contributed by atoms with van der Waals surface area (Å²) in [4.78, 5) is 54.9. The molecule has 1 aliphatic heterocycles. The zero-order chi connectivity index (χ0) is 24.9. The molecule has 0 aromatic heterocycles. The maximum Gasteiger partial charge on any atom is 0.275 e. The number of benzene rings is 2. The summed E-state index contributed by atoms with van der Waals surface area (Å²) in [6.45, 7) is 0. The van der Waals surface area contributed by atoms with Crippen LogP contribution in [0.4, 0.5) is 0 Å². The van der Waals surface area contributed by atoms with Crippen LogP contribution < -0.4 is 0 Å². The van der Waals surface area contributed by atoms with Gasteiger partial charge in [0.1, 0.15) is 6.04 Å². The topological polar surface area (TPSA) is 74.8 Å². The third-order valence-corrected chi connectivity index (χ3v) is 7.88. The highest BCUT2D eigenvalue weighted by Gasteiger charge is 2.62. The normalized spacial score (nSPS) is 25.2. The van der Waals surface area contributed by atoms with E-state index in [1.807, 2.05) is 12.2 Å². The second kappa shape index (κ2) is 9.41. The van der Waals surface area contributed by atoms with E-state index in [0.29, 0.717) is 5.02 Å². The summed E-state index contributed by atoms with van der Waals surface area (Å²) in [5, 5.41) is 2.47. The Bertz CT molecular complexity index is 1220. The first-order valence-electron chi connectivity index (χ1n) is 11.3. The van der Waals surface area contributed by atoms with Crippen LogP contribution in [0.3, 0.4) is 0 Å². The number of carbonyl (C=O) groups excluding carboxylic acids is 4. The van der Waals surface area contributed by atoms with Gasteiger partial charge in [0.2, 0.25) is 0 Å². The van der Waals surface area contributed by atoms with Crippen LogP contribution in [0.15, 0.2) is 60.7 Å². The average Bonchev–Trinajstić information content (AvgIpc) is 3.54. The molecule has 5 rings (SSSR count). The first kappa shape index (κ1) is 24.0. The number of fused-ring (bicyclic) bond motifs is 5. The molecule has 2 bridgehead atoms. The molecule has 3 amide bonds. The number of allylic oxidation sites excluding steroid dienone is 2. The Morgan fingerprint density at radius 1 is 0.943 bits per heavy atom. The smallest absolute Gasteiger partial charge is 0.275 e. The van der Waals surface area contributed by atoms with Gasteiger partial charge in [-0.3, -0.25) is 19.2 Å². The van der Waals surface area contributed by atoms with Crippen molar-refractivity contribution in [3.63, 3.8) is 0 Å². The molecule has 180 valence electrons. The molecule has 2 aliphatic carbocycles. The molecule has 0 radical (unpaired) electrons. The van der Waals surface area contributed by atoms with Gasteiger partial charge in [0.15, 0.2) is 5.78 Å². The summed E-state index contributed by atoms with van der Waals surface area (Å²) in [5.74, 6) is -3.28. The molecule has 1 saturated heterocycles. The molecule has 1 saturated carbocycles. The number of rotatable bonds is 7. The standard InChI is InChI=1S/C26H21Cl3N2O4/c27-12-11-20(23(32)14-7-9-17(28)10-8-14)30(24(33)18-3-1-2-4-19(18)29)31-25(34)21-15-5-6-16(13-15)22(21)26(31)35/h1-10,15-16,20-22H,11-13H2/t15-,16-,20-,21-,22-/m0/s1. The molecule has 9 heteroatoms. The number of amides is 3. The fourth-order valence-electron chi connectivity index (χ4n) is 5.50. The highest BCUT2D eigenvalue weighted by atomic mass is 35.5. The van der Waals surface area contributed by atoms with Gasteiger partial charge in [-0.05, 0) is 61.1 Å². The monoisotopic (exact) mass is 530 g/mol. The zero-order valence-corrected chi connectivity index (χ0v) is 20.7. The van der Waals surface area contributed by atoms with Gasteiger partial charge < -0.3 is 0 Å². The highest BCUT2D eigenvalue weighted by molar-refractivity contribution is 6.34. The Kier molecular flexibility index (Phi) is 6.47. The lowest BCUT2D eigenvalue weighted by Gasteiger charge is -2.37. The lowest BCUT2D eigenvalue weighted by atomic mass is 9.85. The van der Waals surface area contributed by atoms with Crippen molar-refractivity contribution < 1.29 is 19.2 Å². The fraction of sp³-hybridized carbons (Fsp3) is 0.308. The number of imide groups is 1. The zero-order valence-electron chi connectivity index (χ0n) is 18.4. The van der Waals surface area contributed by atoms with Crippen molar-refractivity contribution in [3.05, 3.63) is 81.9 Å². The summed E-state index contributed by atoms with van der Waals surface area (Å²) in [7, 11) is 0. The van der Waals surface area contributed by atoms with Crippen LogP contribution in [-0.2, 0) is 9.59 Å². The Hall–Kier alpha value is -2.67. The largest absolute Gasteiger partial charge is 0.292 e. The maximum absolute atomic E-state index is 13.9. The maximum atomic E-state index is 13.9. The number of ketones is 1.